The van der Waals surface area contributed by atoms with E-state index >= 15 is 0 Å². The van der Waals surface area contributed by atoms with Gasteiger partial charge in [0.05, 0.1) is 17.3 Å². The van der Waals surface area contributed by atoms with E-state index in [1.165, 1.54) is 10.6 Å². The Balaban J connectivity index is 1.85. The maximum atomic E-state index is 12.8. The largest absolute Gasteiger partial charge is 0.348 e. The van der Waals surface area contributed by atoms with Crippen LogP contribution in [0.1, 0.15) is 28.9 Å². The molecule has 1 aromatic carbocycles. The van der Waals surface area contributed by atoms with Gasteiger partial charge in [0.1, 0.15) is 0 Å². The fraction of sp³-hybridized carbons (Fsp3) is 0.412. The van der Waals surface area contributed by atoms with Crippen molar-refractivity contribution in [3.05, 3.63) is 40.0 Å². The number of benzene rings is 1. The van der Waals surface area contributed by atoms with Crippen molar-refractivity contribution in [2.45, 2.75) is 25.8 Å². The monoisotopic (exact) mass is 425 g/mol. The summed E-state index contributed by atoms with van der Waals surface area (Å²) in [7, 11) is -3.24. The number of hydrogen-bond acceptors (Lipinski definition) is 4. The van der Waals surface area contributed by atoms with Crippen LogP contribution in [0.15, 0.2) is 28.7 Å². The molecule has 1 unspecified atom stereocenters. The maximum Gasteiger partial charge on any atom is 0.252 e. The number of carbonyl (C=O) groups excluding carboxylic acids is 1. The molecule has 1 amide bonds. The number of aromatic nitrogens is 1. The summed E-state index contributed by atoms with van der Waals surface area (Å²) in [6.07, 6.45) is 2.71. The SMILES string of the molecule is Cc1cc(C(=O)NC2CCCN(S(C)(=O)=O)C2)c2ccc(Br)cc2n1. The van der Waals surface area contributed by atoms with E-state index in [0.717, 1.165) is 33.9 Å². The van der Waals surface area contributed by atoms with Crippen LogP contribution in [0.2, 0.25) is 0 Å². The Morgan fingerprint density at radius 1 is 1.36 bits per heavy atom. The molecular weight excluding hydrogens is 406 g/mol. The lowest BCUT2D eigenvalue weighted by molar-refractivity contribution is 0.0923. The highest BCUT2D eigenvalue weighted by atomic mass is 79.9. The fourth-order valence-corrected chi connectivity index (χ4v) is 4.41. The molecule has 3 rings (SSSR count). The molecule has 1 fully saturated rings. The number of rotatable bonds is 3. The molecule has 1 aliphatic heterocycles. The molecule has 0 bridgehead atoms. The highest BCUT2D eigenvalue weighted by Crippen LogP contribution is 2.23. The molecule has 134 valence electrons. The van der Waals surface area contributed by atoms with Crippen molar-refractivity contribution < 1.29 is 13.2 Å². The number of nitrogens with one attached hydrogen (secondary N) is 1. The Labute approximate surface area is 155 Å². The number of fused-ring (bicyclic) bond motifs is 1. The van der Waals surface area contributed by atoms with Gasteiger partial charge in [0.15, 0.2) is 0 Å². The second-order valence-corrected chi connectivity index (χ2v) is 9.30. The first kappa shape index (κ1) is 18.3. The summed E-state index contributed by atoms with van der Waals surface area (Å²) in [6.45, 7) is 2.68. The van der Waals surface area contributed by atoms with E-state index in [0.29, 0.717) is 18.7 Å². The van der Waals surface area contributed by atoms with Crippen molar-refractivity contribution in [1.82, 2.24) is 14.6 Å². The summed E-state index contributed by atoms with van der Waals surface area (Å²) in [6, 6.07) is 7.20. The van der Waals surface area contributed by atoms with Crippen LogP contribution < -0.4 is 5.32 Å². The lowest BCUT2D eigenvalue weighted by Gasteiger charge is -2.31. The van der Waals surface area contributed by atoms with Crippen LogP contribution in [0.5, 0.6) is 0 Å². The second kappa shape index (κ2) is 7.01. The predicted octanol–water partition coefficient (Wildman–Crippen LogP) is 2.46. The number of amides is 1. The normalized spacial score (nSPS) is 19.1. The molecule has 0 spiro atoms. The number of aryl methyl sites for hydroxylation is 1. The molecule has 25 heavy (non-hydrogen) atoms. The minimum atomic E-state index is -3.24. The van der Waals surface area contributed by atoms with Gasteiger partial charge in [-0.05, 0) is 38.0 Å². The number of piperidine rings is 1. The first-order valence-corrected chi connectivity index (χ1v) is 10.7. The summed E-state index contributed by atoms with van der Waals surface area (Å²) in [4.78, 5) is 17.3. The third-order valence-electron chi connectivity index (χ3n) is 4.33. The van der Waals surface area contributed by atoms with Crippen molar-refractivity contribution in [2.24, 2.45) is 0 Å². The molecule has 1 atom stereocenters. The quantitative estimate of drug-likeness (QED) is 0.818. The first-order valence-electron chi connectivity index (χ1n) is 8.07. The van der Waals surface area contributed by atoms with Gasteiger partial charge < -0.3 is 5.32 Å². The molecule has 2 heterocycles. The maximum absolute atomic E-state index is 12.8. The summed E-state index contributed by atoms with van der Waals surface area (Å²) in [5.74, 6) is -0.196. The summed E-state index contributed by atoms with van der Waals surface area (Å²) in [5, 5.41) is 3.77. The molecule has 0 radical (unpaired) electrons. The molecule has 1 N–H and O–H groups in total. The van der Waals surface area contributed by atoms with Gasteiger partial charge in [0.2, 0.25) is 10.0 Å². The van der Waals surface area contributed by atoms with Gasteiger partial charge in [-0.1, -0.05) is 22.0 Å². The highest BCUT2D eigenvalue weighted by molar-refractivity contribution is 9.10. The van der Waals surface area contributed by atoms with Crippen LogP contribution in [-0.2, 0) is 10.0 Å². The van der Waals surface area contributed by atoms with E-state index < -0.39 is 10.0 Å². The molecular formula is C17H20BrN3O3S. The number of halogens is 1. The van der Waals surface area contributed by atoms with Gasteiger partial charge in [0.25, 0.3) is 5.91 Å². The molecule has 1 aliphatic rings. The third-order valence-corrected chi connectivity index (χ3v) is 6.10. The lowest BCUT2D eigenvalue weighted by Crippen LogP contribution is -2.49. The van der Waals surface area contributed by atoms with Gasteiger partial charge in [-0.15, -0.1) is 0 Å². The summed E-state index contributed by atoms with van der Waals surface area (Å²) < 4.78 is 25.8. The van der Waals surface area contributed by atoms with Gasteiger partial charge in [0, 0.05) is 34.7 Å². The van der Waals surface area contributed by atoms with E-state index in [-0.39, 0.29) is 11.9 Å². The standard InChI is InChI=1S/C17H20BrN3O3S/c1-11-8-15(14-6-5-12(18)9-16(14)19-11)17(22)20-13-4-3-7-21(10-13)25(2,23)24/h5-6,8-9,13H,3-4,7,10H2,1-2H3,(H,20,22). The lowest BCUT2D eigenvalue weighted by atomic mass is 10.0. The molecule has 6 nitrogen and oxygen atoms in total. The van der Waals surface area contributed by atoms with Crippen LogP contribution in [0.25, 0.3) is 10.9 Å². The Hall–Kier alpha value is -1.51. The first-order chi connectivity index (χ1) is 11.7. The van der Waals surface area contributed by atoms with E-state index in [4.69, 9.17) is 0 Å². The van der Waals surface area contributed by atoms with Crippen LogP contribution in [0, 0.1) is 6.92 Å². The fourth-order valence-electron chi connectivity index (χ4n) is 3.15. The third kappa shape index (κ3) is 4.19. The Morgan fingerprint density at radius 2 is 2.12 bits per heavy atom. The average molecular weight is 426 g/mol. The van der Waals surface area contributed by atoms with E-state index in [1.54, 1.807) is 6.07 Å². The van der Waals surface area contributed by atoms with Crippen LogP contribution in [0.4, 0.5) is 0 Å². The van der Waals surface area contributed by atoms with Crippen molar-refractivity contribution >= 4 is 42.8 Å². The highest BCUT2D eigenvalue weighted by Gasteiger charge is 2.27. The molecule has 1 aromatic heterocycles. The Kier molecular flexibility index (Phi) is 5.13. The summed E-state index contributed by atoms with van der Waals surface area (Å²) >= 11 is 3.42. The number of sulfonamides is 1. The van der Waals surface area contributed by atoms with Crippen LogP contribution in [-0.4, -0.2) is 49.0 Å². The van der Waals surface area contributed by atoms with E-state index in [9.17, 15) is 13.2 Å². The molecule has 1 saturated heterocycles. The zero-order valence-corrected chi connectivity index (χ0v) is 16.5. The molecule has 8 heteroatoms. The summed E-state index contributed by atoms with van der Waals surface area (Å²) in [5.41, 5.74) is 2.07. The van der Waals surface area contributed by atoms with Gasteiger partial charge >= 0.3 is 0 Å². The molecule has 2 aromatic rings. The molecule has 0 saturated carbocycles. The Morgan fingerprint density at radius 3 is 2.84 bits per heavy atom. The van der Waals surface area contributed by atoms with Crippen molar-refractivity contribution in [3.8, 4) is 0 Å². The van der Waals surface area contributed by atoms with Crippen molar-refractivity contribution in [3.63, 3.8) is 0 Å². The predicted molar refractivity (Wildman–Crippen MR) is 101 cm³/mol. The number of pyridine rings is 1. The minimum absolute atomic E-state index is 0.185. The number of carbonyl (C=O) groups is 1. The Bertz CT molecular complexity index is 925. The number of nitrogens with zero attached hydrogens (tertiary/aromatic N) is 2. The van der Waals surface area contributed by atoms with E-state index in [1.807, 2.05) is 25.1 Å². The van der Waals surface area contributed by atoms with Gasteiger partial charge in [-0.2, -0.15) is 0 Å². The number of hydrogen-bond donors (Lipinski definition) is 1. The van der Waals surface area contributed by atoms with Gasteiger partial charge in [-0.3, -0.25) is 9.78 Å². The van der Waals surface area contributed by atoms with Crippen molar-refractivity contribution in [2.75, 3.05) is 19.3 Å². The van der Waals surface area contributed by atoms with E-state index in [2.05, 4.69) is 26.2 Å². The smallest absolute Gasteiger partial charge is 0.252 e. The van der Waals surface area contributed by atoms with Crippen molar-refractivity contribution in [1.29, 1.82) is 0 Å². The average Bonchev–Trinajstić information content (AvgIpc) is 2.53. The van der Waals surface area contributed by atoms with Gasteiger partial charge in [-0.25, -0.2) is 12.7 Å². The van der Waals surface area contributed by atoms with Crippen LogP contribution >= 0.6 is 15.9 Å². The van der Waals surface area contributed by atoms with Crippen LogP contribution in [0.3, 0.4) is 0 Å². The second-order valence-electron chi connectivity index (χ2n) is 6.41. The molecule has 0 aliphatic carbocycles. The zero-order chi connectivity index (χ0) is 18.2. The zero-order valence-electron chi connectivity index (χ0n) is 14.1. The minimum Gasteiger partial charge on any atom is -0.348 e. The topological polar surface area (TPSA) is 79.4 Å².